The van der Waals surface area contributed by atoms with Crippen molar-refractivity contribution in [3.8, 4) is 0 Å². The first kappa shape index (κ1) is 10.6. The van der Waals surface area contributed by atoms with E-state index < -0.39 is 0 Å². The quantitative estimate of drug-likeness (QED) is 0.691. The number of nitrogens with zero attached hydrogens (tertiary/aromatic N) is 1. The Hall–Kier alpha value is -1.51. The Morgan fingerprint density at radius 2 is 2.06 bits per heavy atom. The zero-order valence-electron chi connectivity index (χ0n) is 9.13. The minimum absolute atomic E-state index is 0.125. The van der Waals surface area contributed by atoms with E-state index in [1.807, 2.05) is 40.0 Å². The molecule has 2 aromatic heterocycles. The minimum atomic E-state index is 0.125. The molecule has 0 aliphatic rings. The van der Waals surface area contributed by atoms with E-state index in [9.17, 15) is 4.79 Å². The second-order valence-electron chi connectivity index (χ2n) is 3.82. The van der Waals surface area contributed by atoms with Crippen LogP contribution in [0.15, 0.2) is 51.9 Å². The van der Waals surface area contributed by atoms with Crippen molar-refractivity contribution in [3.05, 3.63) is 58.8 Å². The second kappa shape index (κ2) is 4.40. The van der Waals surface area contributed by atoms with Crippen LogP contribution in [0, 0.1) is 0 Å². The predicted molar refractivity (Wildman–Crippen MR) is 67.6 cm³/mol. The fraction of sp³-hybridized carbons (Fsp3) is 0.154. The molecular formula is C13H11NO2Se. The van der Waals surface area contributed by atoms with Crippen molar-refractivity contribution in [1.82, 2.24) is 3.56 Å². The summed E-state index contributed by atoms with van der Waals surface area (Å²) < 4.78 is 8.39. The molecule has 0 aliphatic heterocycles. The number of furan rings is 1. The zero-order chi connectivity index (χ0) is 11.7. The third-order valence-corrected chi connectivity index (χ3v) is 5.05. The molecule has 0 fully saturated rings. The van der Waals surface area contributed by atoms with Gasteiger partial charge in [-0.2, -0.15) is 0 Å². The third-order valence-electron chi connectivity index (χ3n) is 2.69. The van der Waals surface area contributed by atoms with Crippen molar-refractivity contribution >= 4 is 24.4 Å². The zero-order valence-corrected chi connectivity index (χ0v) is 10.8. The maximum absolute atomic E-state index is 12.1. The van der Waals surface area contributed by atoms with Crippen LogP contribution in [0.1, 0.15) is 5.76 Å². The molecule has 2 heterocycles. The predicted octanol–water partition coefficient (Wildman–Crippen LogP) is 1.89. The van der Waals surface area contributed by atoms with Crippen molar-refractivity contribution in [2.24, 2.45) is 0 Å². The van der Waals surface area contributed by atoms with Gasteiger partial charge in [-0.1, -0.05) is 0 Å². The van der Waals surface area contributed by atoms with Gasteiger partial charge in [-0.3, -0.25) is 0 Å². The van der Waals surface area contributed by atoms with E-state index in [1.165, 1.54) is 4.26 Å². The molecule has 0 spiro atoms. The monoisotopic (exact) mass is 293 g/mol. The van der Waals surface area contributed by atoms with Crippen molar-refractivity contribution in [3.63, 3.8) is 0 Å². The van der Waals surface area contributed by atoms with Crippen molar-refractivity contribution < 1.29 is 4.42 Å². The van der Waals surface area contributed by atoms with Crippen LogP contribution in [0.5, 0.6) is 0 Å². The Kier molecular flexibility index (Phi) is 2.75. The van der Waals surface area contributed by atoms with Crippen LogP contribution in [-0.4, -0.2) is 18.3 Å². The van der Waals surface area contributed by atoms with Crippen LogP contribution in [0.3, 0.4) is 0 Å². The molecule has 0 saturated carbocycles. The van der Waals surface area contributed by atoms with Gasteiger partial charge in [-0.15, -0.1) is 0 Å². The molecule has 3 rings (SSSR count). The molecular weight excluding hydrogens is 281 g/mol. The van der Waals surface area contributed by atoms with Crippen LogP contribution >= 0.6 is 0 Å². The third kappa shape index (κ3) is 2.02. The van der Waals surface area contributed by atoms with E-state index in [0.29, 0.717) is 0 Å². The summed E-state index contributed by atoms with van der Waals surface area (Å²) in [5.74, 6) is 0.935. The van der Waals surface area contributed by atoms with E-state index in [0.717, 1.165) is 24.1 Å². The number of rotatable bonds is 3. The van der Waals surface area contributed by atoms with Gasteiger partial charge in [0.05, 0.1) is 0 Å². The molecule has 1 aromatic carbocycles. The number of hydrogen-bond acceptors (Lipinski definition) is 2. The molecule has 17 heavy (non-hydrogen) atoms. The molecule has 86 valence electrons. The molecule has 0 unspecified atom stereocenters. The summed E-state index contributed by atoms with van der Waals surface area (Å²) >= 11 is 0.125. The fourth-order valence-corrected chi connectivity index (χ4v) is 3.92. The van der Waals surface area contributed by atoms with Crippen molar-refractivity contribution in [1.29, 1.82) is 0 Å². The first-order valence-corrected chi connectivity index (χ1v) is 7.08. The summed E-state index contributed by atoms with van der Waals surface area (Å²) in [4.78, 5) is 12.1. The number of fused-ring (bicyclic) bond motifs is 1. The van der Waals surface area contributed by atoms with Gasteiger partial charge < -0.3 is 0 Å². The average Bonchev–Trinajstić information content (AvgIpc) is 2.96. The molecule has 0 N–H and O–H groups in total. The molecule has 0 bridgehead atoms. The van der Waals surface area contributed by atoms with Gasteiger partial charge in [-0.25, -0.2) is 0 Å². The first-order valence-electron chi connectivity index (χ1n) is 5.46. The van der Waals surface area contributed by atoms with E-state index in [2.05, 4.69) is 0 Å². The van der Waals surface area contributed by atoms with Gasteiger partial charge >= 0.3 is 104 Å². The van der Waals surface area contributed by atoms with E-state index >= 15 is 0 Å². The molecule has 3 aromatic rings. The Morgan fingerprint density at radius 3 is 2.82 bits per heavy atom. The van der Waals surface area contributed by atoms with Gasteiger partial charge in [0, 0.05) is 0 Å². The molecule has 0 atom stereocenters. The standard InChI is InChI=1S/C13H11NO2Se/c15-13-11-5-1-2-6-12(11)17-14(13)8-7-10-4-3-9-16-10/h1-6,9H,7-8H2. The molecule has 4 heteroatoms. The number of aromatic nitrogens is 1. The SMILES string of the molecule is O=c1c2ccccc2[se]n1CCc1ccco1. The van der Waals surface area contributed by atoms with Crippen molar-refractivity contribution in [2.45, 2.75) is 13.0 Å². The van der Waals surface area contributed by atoms with Crippen LogP contribution in [-0.2, 0) is 13.0 Å². The summed E-state index contributed by atoms with van der Waals surface area (Å²) in [6.07, 6.45) is 2.45. The topological polar surface area (TPSA) is 35.1 Å². The molecule has 0 saturated heterocycles. The fourth-order valence-electron chi connectivity index (χ4n) is 1.83. The Morgan fingerprint density at radius 1 is 1.18 bits per heavy atom. The van der Waals surface area contributed by atoms with Gasteiger partial charge in [0.2, 0.25) is 0 Å². The first-order chi connectivity index (χ1) is 8.34. The van der Waals surface area contributed by atoms with Gasteiger partial charge in [-0.05, 0) is 0 Å². The van der Waals surface area contributed by atoms with Crippen LogP contribution in [0.25, 0.3) is 9.65 Å². The molecule has 0 amide bonds. The Balaban J connectivity index is 1.90. The van der Waals surface area contributed by atoms with Gasteiger partial charge in [0.15, 0.2) is 0 Å². The van der Waals surface area contributed by atoms with E-state index in [1.54, 1.807) is 6.26 Å². The van der Waals surface area contributed by atoms with Crippen LogP contribution < -0.4 is 5.56 Å². The summed E-state index contributed by atoms with van der Waals surface area (Å²) in [6.45, 7) is 0.737. The molecule has 0 aliphatic carbocycles. The van der Waals surface area contributed by atoms with Gasteiger partial charge in [0.25, 0.3) is 0 Å². The second-order valence-corrected chi connectivity index (χ2v) is 6.05. The molecule has 0 radical (unpaired) electrons. The van der Waals surface area contributed by atoms with E-state index in [4.69, 9.17) is 4.42 Å². The Bertz CT molecular complexity index is 679. The number of hydrogen-bond donors (Lipinski definition) is 0. The summed E-state index contributed by atoms with van der Waals surface area (Å²) in [7, 11) is 0. The maximum atomic E-state index is 12.1. The normalized spacial score (nSPS) is 11.1. The summed E-state index contributed by atoms with van der Waals surface area (Å²) in [5, 5.41) is 0.868. The Labute approximate surface area is 104 Å². The summed E-state index contributed by atoms with van der Waals surface area (Å²) in [5.41, 5.74) is 0.159. The van der Waals surface area contributed by atoms with Crippen LogP contribution in [0.2, 0.25) is 0 Å². The van der Waals surface area contributed by atoms with Crippen molar-refractivity contribution in [2.75, 3.05) is 0 Å². The molecule has 3 nitrogen and oxygen atoms in total. The van der Waals surface area contributed by atoms with Gasteiger partial charge in [0.1, 0.15) is 0 Å². The number of aryl methyl sites for hydroxylation is 2. The average molecular weight is 292 g/mol. The van der Waals surface area contributed by atoms with Crippen LogP contribution in [0.4, 0.5) is 0 Å². The number of benzene rings is 1. The van der Waals surface area contributed by atoms with E-state index in [-0.39, 0.29) is 20.3 Å². The summed E-state index contributed by atoms with van der Waals surface area (Å²) in [6, 6.07) is 11.7.